The van der Waals surface area contributed by atoms with Crippen LogP contribution < -0.4 is 0 Å². The Morgan fingerprint density at radius 1 is 0.897 bits per heavy atom. The predicted octanol–water partition coefficient (Wildman–Crippen LogP) is 7.57. The number of hydrogen-bond donors (Lipinski definition) is 0. The maximum absolute atomic E-state index is 13.1. The van der Waals surface area contributed by atoms with Crippen molar-refractivity contribution in [3.63, 3.8) is 0 Å². The van der Waals surface area contributed by atoms with E-state index < -0.39 is 15.5 Å². The monoisotopic (exact) mass is 595 g/mol. The quantitative estimate of drug-likeness (QED) is 0.216. The first-order valence-corrected chi connectivity index (χ1v) is 14.8. The highest BCUT2D eigenvalue weighted by atomic mass is 35.5. The zero-order valence-electron chi connectivity index (χ0n) is 21.0. The molecule has 0 unspecified atom stereocenters. The van der Waals surface area contributed by atoms with Crippen molar-refractivity contribution in [1.29, 1.82) is 0 Å². The van der Waals surface area contributed by atoms with Crippen LogP contribution in [-0.4, -0.2) is 40.9 Å². The van der Waals surface area contributed by atoms with Gasteiger partial charge in [0.2, 0.25) is 0 Å². The van der Waals surface area contributed by atoms with E-state index in [4.69, 9.17) is 28.2 Å². The first-order valence-electron chi connectivity index (χ1n) is 12.6. The van der Waals surface area contributed by atoms with Crippen LogP contribution in [0.15, 0.2) is 66.7 Å². The van der Waals surface area contributed by atoms with Gasteiger partial charge in [0.25, 0.3) is 0 Å². The number of aryl methyl sites for hydroxylation is 1. The molecule has 0 N–H and O–H groups in total. The van der Waals surface area contributed by atoms with Gasteiger partial charge in [0.15, 0.2) is 0 Å². The van der Waals surface area contributed by atoms with Gasteiger partial charge in [-0.1, -0.05) is 60.5 Å². The van der Waals surface area contributed by atoms with Crippen LogP contribution >= 0.6 is 23.2 Å². The number of aromatic nitrogens is 2. The summed E-state index contributed by atoms with van der Waals surface area (Å²) in [7, 11) is -5.35. The minimum Gasteiger partial charge on any atom is -0.325 e. The standard InChI is InChI=1S/C28H26Cl2F3N3O2S/c1-2-26-34-24-12-7-20(27(18-3-8-21(29)9-4-18)19-5-10-22(30)11-6-19)17-25(24)36(26)23-13-15-35(16-14-23)39(37,38)28(31,32)33/h3-12,17,23,27H,2,13-16H2,1H3. The van der Waals surface area contributed by atoms with Gasteiger partial charge >= 0.3 is 15.5 Å². The van der Waals surface area contributed by atoms with Crippen LogP contribution in [0.25, 0.3) is 11.0 Å². The summed E-state index contributed by atoms with van der Waals surface area (Å²) in [4.78, 5) is 4.80. The van der Waals surface area contributed by atoms with Gasteiger partial charge in [-0.2, -0.15) is 17.5 Å². The summed E-state index contributed by atoms with van der Waals surface area (Å²) < 4.78 is 65.8. The van der Waals surface area contributed by atoms with Crippen LogP contribution in [0.4, 0.5) is 13.2 Å². The molecule has 39 heavy (non-hydrogen) atoms. The van der Waals surface area contributed by atoms with E-state index in [1.54, 1.807) is 0 Å². The molecule has 0 aliphatic carbocycles. The highest BCUT2D eigenvalue weighted by molar-refractivity contribution is 7.90. The molecular weight excluding hydrogens is 570 g/mol. The molecule has 0 bridgehead atoms. The summed E-state index contributed by atoms with van der Waals surface area (Å²) in [6, 6.07) is 21.2. The minimum absolute atomic E-state index is 0.129. The summed E-state index contributed by atoms with van der Waals surface area (Å²) in [5.41, 5.74) is -0.569. The molecule has 0 radical (unpaired) electrons. The Morgan fingerprint density at radius 2 is 1.41 bits per heavy atom. The lowest BCUT2D eigenvalue weighted by molar-refractivity contribution is -0.0496. The van der Waals surface area contributed by atoms with Crippen LogP contribution in [0.5, 0.6) is 0 Å². The van der Waals surface area contributed by atoms with E-state index in [0.29, 0.717) is 20.8 Å². The summed E-state index contributed by atoms with van der Waals surface area (Å²) >= 11 is 12.3. The molecular formula is C28H26Cl2F3N3O2S. The first-order chi connectivity index (χ1) is 18.5. The first kappa shape index (κ1) is 28.0. The molecule has 0 atom stereocenters. The SMILES string of the molecule is CCc1nc2ccc(C(c3ccc(Cl)cc3)c3ccc(Cl)cc3)cc2n1C1CCN(S(=O)(=O)C(F)(F)F)CC1. The van der Waals surface area contributed by atoms with Crippen LogP contribution in [0.2, 0.25) is 10.0 Å². The number of rotatable bonds is 6. The van der Waals surface area contributed by atoms with Crippen molar-refractivity contribution in [1.82, 2.24) is 13.9 Å². The average Bonchev–Trinajstić information content (AvgIpc) is 3.28. The molecule has 1 fully saturated rings. The second-order valence-corrected chi connectivity index (χ2v) is 12.4. The van der Waals surface area contributed by atoms with Crippen molar-refractivity contribution >= 4 is 44.3 Å². The van der Waals surface area contributed by atoms with Gasteiger partial charge in [0.1, 0.15) is 5.82 Å². The van der Waals surface area contributed by atoms with Crippen molar-refractivity contribution in [2.24, 2.45) is 0 Å². The third-order valence-corrected chi connectivity index (χ3v) is 9.40. The Morgan fingerprint density at radius 3 is 1.90 bits per heavy atom. The average molecular weight is 597 g/mol. The van der Waals surface area contributed by atoms with Crippen LogP contribution in [0.3, 0.4) is 0 Å². The Hall–Kier alpha value is -2.59. The lowest BCUT2D eigenvalue weighted by atomic mass is 9.85. The Bertz CT molecular complexity index is 1530. The molecule has 11 heteroatoms. The zero-order valence-corrected chi connectivity index (χ0v) is 23.3. The molecule has 206 valence electrons. The minimum atomic E-state index is -5.35. The topological polar surface area (TPSA) is 55.2 Å². The van der Waals surface area contributed by atoms with E-state index in [1.807, 2.05) is 67.6 Å². The van der Waals surface area contributed by atoms with Crippen LogP contribution in [0, 0.1) is 0 Å². The maximum atomic E-state index is 13.1. The molecule has 1 saturated heterocycles. The summed E-state index contributed by atoms with van der Waals surface area (Å²) in [6.07, 6.45) is 1.15. The molecule has 4 aromatic rings. The predicted molar refractivity (Wildman–Crippen MR) is 148 cm³/mol. The molecule has 0 amide bonds. The summed E-state index contributed by atoms with van der Waals surface area (Å²) in [5, 5.41) is 1.27. The number of nitrogens with zero attached hydrogens (tertiary/aromatic N) is 3. The van der Waals surface area contributed by atoms with Crippen molar-refractivity contribution in [2.75, 3.05) is 13.1 Å². The third-order valence-electron chi connectivity index (χ3n) is 7.26. The number of piperidine rings is 1. The Kier molecular flexibility index (Phi) is 7.72. The van der Waals surface area contributed by atoms with Gasteiger partial charge in [-0.05, 0) is 65.9 Å². The molecule has 5 rings (SSSR count). The molecule has 0 spiro atoms. The van der Waals surface area contributed by atoms with Gasteiger partial charge in [-0.25, -0.2) is 13.4 Å². The summed E-state index contributed by atoms with van der Waals surface area (Å²) in [6.45, 7) is 1.58. The number of halogens is 5. The zero-order chi connectivity index (χ0) is 27.9. The number of imidazole rings is 1. The second-order valence-electron chi connectivity index (χ2n) is 9.62. The number of fused-ring (bicyclic) bond motifs is 1. The van der Waals surface area contributed by atoms with E-state index >= 15 is 0 Å². The van der Waals surface area contributed by atoms with Crippen molar-refractivity contribution in [3.8, 4) is 0 Å². The van der Waals surface area contributed by atoms with Gasteiger partial charge in [0, 0.05) is 41.5 Å². The smallest absolute Gasteiger partial charge is 0.325 e. The van der Waals surface area contributed by atoms with E-state index in [0.717, 1.165) is 33.5 Å². The fourth-order valence-electron chi connectivity index (χ4n) is 5.37. The van der Waals surface area contributed by atoms with Gasteiger partial charge in [-0.15, -0.1) is 0 Å². The summed E-state index contributed by atoms with van der Waals surface area (Å²) in [5.74, 6) is 0.685. The molecule has 5 nitrogen and oxygen atoms in total. The van der Waals surface area contributed by atoms with E-state index in [2.05, 4.69) is 10.6 Å². The molecule has 1 aliphatic rings. The van der Waals surface area contributed by atoms with Gasteiger partial charge in [0.05, 0.1) is 11.0 Å². The number of sulfonamides is 1. The van der Waals surface area contributed by atoms with E-state index in [1.165, 1.54) is 0 Å². The maximum Gasteiger partial charge on any atom is 0.511 e. The molecule has 1 aromatic heterocycles. The largest absolute Gasteiger partial charge is 0.511 e. The lowest BCUT2D eigenvalue weighted by Gasteiger charge is -2.33. The van der Waals surface area contributed by atoms with Gasteiger partial charge < -0.3 is 4.57 Å². The van der Waals surface area contributed by atoms with Crippen molar-refractivity contribution in [3.05, 3.63) is 99.3 Å². The Balaban J connectivity index is 1.55. The molecule has 3 aromatic carbocycles. The van der Waals surface area contributed by atoms with E-state index in [-0.39, 0.29) is 37.9 Å². The second kappa shape index (κ2) is 10.8. The number of benzene rings is 3. The highest BCUT2D eigenvalue weighted by Crippen LogP contribution is 2.38. The van der Waals surface area contributed by atoms with Gasteiger partial charge in [-0.3, -0.25) is 0 Å². The fourth-order valence-corrected chi connectivity index (χ4v) is 6.61. The van der Waals surface area contributed by atoms with E-state index in [9.17, 15) is 21.6 Å². The fraction of sp³-hybridized carbons (Fsp3) is 0.321. The highest BCUT2D eigenvalue weighted by Gasteiger charge is 2.50. The number of hydrogen-bond acceptors (Lipinski definition) is 3. The molecule has 1 aliphatic heterocycles. The third kappa shape index (κ3) is 5.42. The molecule has 2 heterocycles. The van der Waals surface area contributed by atoms with Crippen LogP contribution in [0.1, 0.15) is 54.2 Å². The lowest BCUT2D eigenvalue weighted by Crippen LogP contribution is -2.45. The normalized spacial score (nSPS) is 15.9. The van der Waals surface area contributed by atoms with Crippen molar-refractivity contribution in [2.45, 2.75) is 43.7 Å². The molecule has 0 saturated carbocycles. The van der Waals surface area contributed by atoms with Crippen LogP contribution in [-0.2, 0) is 16.4 Å². The number of alkyl halides is 3. The Labute approximate surface area is 235 Å². The van der Waals surface area contributed by atoms with Crippen molar-refractivity contribution < 1.29 is 21.6 Å².